The fourth-order valence-corrected chi connectivity index (χ4v) is 2.85. The van der Waals surface area contributed by atoms with Gasteiger partial charge in [0.2, 0.25) is 0 Å². The van der Waals surface area contributed by atoms with Crippen molar-refractivity contribution in [1.29, 1.82) is 0 Å². The van der Waals surface area contributed by atoms with Crippen LogP contribution < -0.4 is 29.6 Å². The normalized spacial score (nSPS) is 16.3. The molecule has 1 aliphatic rings. The summed E-state index contributed by atoms with van der Waals surface area (Å²) < 4.78 is 1.57. The summed E-state index contributed by atoms with van der Waals surface area (Å²) >= 11 is 9.64. The topological polar surface area (TPSA) is 49.7 Å². The SMILES string of the molecule is O=C1C=CC(=Nc2cc(Br)c(O)c(Br)c2)C=C1Br.[Na+]. The molecular weight excluding hydrogens is 453 g/mol. The summed E-state index contributed by atoms with van der Waals surface area (Å²) in [7, 11) is 0. The number of nitrogens with zero attached hydrogens (tertiary/aromatic N) is 1. The second kappa shape index (κ2) is 7.33. The van der Waals surface area contributed by atoms with Gasteiger partial charge in [-0.3, -0.25) is 4.79 Å². The van der Waals surface area contributed by atoms with Crippen molar-refractivity contribution in [2.24, 2.45) is 4.99 Å². The number of phenolic OH excluding ortho intramolecular Hbond substituents is 1. The van der Waals surface area contributed by atoms with Crippen molar-refractivity contribution in [3.8, 4) is 5.75 Å². The zero-order chi connectivity index (χ0) is 13.3. The fourth-order valence-electron chi connectivity index (χ4n) is 1.33. The third kappa shape index (κ3) is 4.37. The standard InChI is InChI=1S/C12H6Br3NO2.Na/c13-8-3-6(1-2-11(8)17)16-7-4-9(14)12(18)10(15)5-7;/h1-5,18H;/q;+1. The van der Waals surface area contributed by atoms with E-state index in [2.05, 4.69) is 52.8 Å². The van der Waals surface area contributed by atoms with Gasteiger partial charge in [0.1, 0.15) is 5.75 Å². The zero-order valence-electron chi connectivity index (χ0n) is 9.82. The van der Waals surface area contributed by atoms with E-state index in [4.69, 9.17) is 0 Å². The average Bonchev–Trinajstić information content (AvgIpc) is 2.31. The summed E-state index contributed by atoms with van der Waals surface area (Å²) in [6, 6.07) is 3.39. The van der Waals surface area contributed by atoms with E-state index in [9.17, 15) is 9.90 Å². The number of carbonyl (C=O) groups is 1. The smallest absolute Gasteiger partial charge is 0.506 e. The van der Waals surface area contributed by atoms with Crippen LogP contribution >= 0.6 is 47.8 Å². The number of carbonyl (C=O) groups excluding carboxylic acids is 1. The number of aliphatic imine (C=N–C) groups is 1. The molecular formula is C12H6Br3NNaO2+. The Labute approximate surface area is 157 Å². The molecule has 0 fully saturated rings. The van der Waals surface area contributed by atoms with Gasteiger partial charge in [0.05, 0.1) is 24.8 Å². The van der Waals surface area contributed by atoms with Crippen molar-refractivity contribution in [3.63, 3.8) is 0 Å². The van der Waals surface area contributed by atoms with Crippen LogP contribution in [-0.2, 0) is 4.79 Å². The van der Waals surface area contributed by atoms with E-state index in [0.29, 0.717) is 24.8 Å². The number of rotatable bonds is 1. The van der Waals surface area contributed by atoms with Gasteiger partial charge in [-0.25, -0.2) is 4.99 Å². The summed E-state index contributed by atoms with van der Waals surface area (Å²) in [6.07, 6.45) is 4.74. The predicted octanol–water partition coefficient (Wildman–Crippen LogP) is 1.41. The van der Waals surface area contributed by atoms with E-state index >= 15 is 0 Å². The molecule has 0 spiro atoms. The first kappa shape index (κ1) is 17.3. The molecule has 1 aliphatic carbocycles. The van der Waals surface area contributed by atoms with Crippen molar-refractivity contribution < 1.29 is 39.5 Å². The Morgan fingerprint density at radius 3 is 2.16 bits per heavy atom. The molecule has 0 radical (unpaired) electrons. The maximum absolute atomic E-state index is 11.2. The zero-order valence-corrected chi connectivity index (χ0v) is 16.6. The van der Waals surface area contributed by atoms with Gasteiger partial charge in [0, 0.05) is 0 Å². The molecule has 92 valence electrons. The van der Waals surface area contributed by atoms with Crippen LogP contribution in [0.25, 0.3) is 0 Å². The van der Waals surface area contributed by atoms with E-state index < -0.39 is 0 Å². The van der Waals surface area contributed by atoms with Crippen LogP contribution in [0.5, 0.6) is 5.75 Å². The Morgan fingerprint density at radius 2 is 1.63 bits per heavy atom. The van der Waals surface area contributed by atoms with E-state index in [1.54, 1.807) is 24.3 Å². The van der Waals surface area contributed by atoms with Gasteiger partial charge in [-0.1, -0.05) is 0 Å². The van der Waals surface area contributed by atoms with Crippen LogP contribution in [-0.4, -0.2) is 16.6 Å². The van der Waals surface area contributed by atoms with E-state index in [1.165, 1.54) is 6.08 Å². The number of phenols is 1. The van der Waals surface area contributed by atoms with Crippen LogP contribution in [0.2, 0.25) is 0 Å². The molecule has 1 aromatic rings. The first-order chi connectivity index (χ1) is 8.47. The Balaban J connectivity index is 0.00000180. The third-order valence-electron chi connectivity index (χ3n) is 2.18. The molecule has 0 unspecified atom stereocenters. The molecule has 0 bridgehead atoms. The van der Waals surface area contributed by atoms with Crippen molar-refractivity contribution in [2.75, 3.05) is 0 Å². The second-order valence-corrected chi connectivity index (χ2v) is 6.05. The molecule has 3 nitrogen and oxygen atoms in total. The van der Waals surface area contributed by atoms with Crippen LogP contribution in [0.4, 0.5) is 5.69 Å². The summed E-state index contributed by atoms with van der Waals surface area (Å²) in [5, 5.41) is 9.59. The first-order valence-corrected chi connectivity index (χ1v) is 7.21. The molecule has 19 heavy (non-hydrogen) atoms. The van der Waals surface area contributed by atoms with Crippen molar-refractivity contribution in [3.05, 3.63) is 43.8 Å². The van der Waals surface area contributed by atoms with Crippen molar-refractivity contribution in [1.82, 2.24) is 0 Å². The molecule has 1 aromatic carbocycles. The Morgan fingerprint density at radius 1 is 1.05 bits per heavy atom. The number of aromatic hydroxyl groups is 1. The predicted molar refractivity (Wildman–Crippen MR) is 81.8 cm³/mol. The van der Waals surface area contributed by atoms with Gasteiger partial charge in [-0.2, -0.15) is 0 Å². The Bertz CT molecular complexity index is 600. The molecule has 7 heteroatoms. The number of allylic oxidation sites excluding steroid dienone is 4. The fraction of sp³-hybridized carbons (Fsp3) is 0. The summed E-state index contributed by atoms with van der Waals surface area (Å²) in [4.78, 5) is 15.6. The minimum absolute atomic E-state index is 0. The van der Waals surface area contributed by atoms with Gasteiger partial charge in [0.25, 0.3) is 0 Å². The molecule has 0 aliphatic heterocycles. The van der Waals surface area contributed by atoms with E-state index in [-0.39, 0.29) is 41.1 Å². The summed E-state index contributed by atoms with van der Waals surface area (Å²) in [6.45, 7) is 0. The maximum atomic E-state index is 11.2. The van der Waals surface area contributed by atoms with Gasteiger partial charge in [0.15, 0.2) is 5.78 Å². The van der Waals surface area contributed by atoms with Crippen LogP contribution in [0.15, 0.2) is 48.8 Å². The molecule has 0 atom stereocenters. The molecule has 2 rings (SSSR count). The number of hydrogen-bond donors (Lipinski definition) is 1. The van der Waals surface area contributed by atoms with Gasteiger partial charge < -0.3 is 5.11 Å². The summed E-state index contributed by atoms with van der Waals surface area (Å²) in [5.41, 5.74) is 1.32. The van der Waals surface area contributed by atoms with Gasteiger partial charge in [-0.15, -0.1) is 0 Å². The molecule has 0 aromatic heterocycles. The average molecular weight is 459 g/mol. The minimum atomic E-state index is -0.0815. The largest absolute Gasteiger partial charge is 1.00 e. The van der Waals surface area contributed by atoms with Crippen molar-refractivity contribution >= 4 is 65.0 Å². The number of hydrogen-bond acceptors (Lipinski definition) is 3. The van der Waals surface area contributed by atoms with Crippen LogP contribution in [0.3, 0.4) is 0 Å². The maximum Gasteiger partial charge on any atom is 1.00 e. The Kier molecular flexibility index (Phi) is 6.69. The van der Waals surface area contributed by atoms with Crippen LogP contribution in [0.1, 0.15) is 0 Å². The number of halogens is 3. The number of ketones is 1. The van der Waals surface area contributed by atoms with E-state index in [0.717, 1.165) is 0 Å². The van der Waals surface area contributed by atoms with Crippen molar-refractivity contribution in [2.45, 2.75) is 0 Å². The van der Waals surface area contributed by atoms with E-state index in [1.807, 2.05) is 0 Å². The minimum Gasteiger partial charge on any atom is -0.506 e. The quantitative estimate of drug-likeness (QED) is 0.511. The second-order valence-electron chi connectivity index (χ2n) is 3.48. The van der Waals surface area contributed by atoms with Crippen LogP contribution in [0, 0.1) is 0 Å². The van der Waals surface area contributed by atoms with Gasteiger partial charge >= 0.3 is 29.6 Å². The third-order valence-corrected chi connectivity index (χ3v) is 4.00. The first-order valence-electron chi connectivity index (χ1n) is 4.83. The number of benzene rings is 1. The monoisotopic (exact) mass is 456 g/mol. The molecule has 1 N–H and O–H groups in total. The molecule has 0 saturated heterocycles. The summed E-state index contributed by atoms with van der Waals surface area (Å²) in [5.74, 6) is 0.0482. The Hall–Kier alpha value is 0.280. The molecule has 0 amide bonds. The van der Waals surface area contributed by atoms with Gasteiger partial charge in [-0.05, 0) is 78.2 Å². The molecule has 0 heterocycles. The molecule has 0 saturated carbocycles.